The van der Waals surface area contributed by atoms with Crippen LogP contribution in [-0.2, 0) is 9.59 Å². The first kappa shape index (κ1) is 11.8. The van der Waals surface area contributed by atoms with Crippen molar-refractivity contribution in [2.75, 3.05) is 0 Å². The molecule has 0 aliphatic heterocycles. The molecule has 16 heavy (non-hydrogen) atoms. The molecule has 2 rings (SSSR count). The minimum atomic E-state index is -0.389. The number of hydrogen-bond donors (Lipinski definition) is 0. The fourth-order valence-electron chi connectivity index (χ4n) is 4.21. The van der Waals surface area contributed by atoms with Gasteiger partial charge in [-0.1, -0.05) is 20.8 Å². The molecule has 0 N–H and O–H groups in total. The van der Waals surface area contributed by atoms with Gasteiger partial charge in [0.05, 0.1) is 0 Å². The molecule has 0 radical (unpaired) electrons. The Balaban J connectivity index is 2.34. The summed E-state index contributed by atoms with van der Waals surface area (Å²) < 4.78 is 0. The standard InChI is InChI=1S/C14H22O2/c1-9(16)14(4)11(8-15)5-10-6-13(2,3)7-12(10)14/h8,10-12H,5-7H2,1-4H3/t10-,11?,12+,14+/m0/s1. The van der Waals surface area contributed by atoms with Gasteiger partial charge in [-0.2, -0.15) is 0 Å². The third-order valence-corrected chi connectivity index (χ3v) is 5.18. The van der Waals surface area contributed by atoms with E-state index in [4.69, 9.17) is 0 Å². The van der Waals surface area contributed by atoms with Gasteiger partial charge in [-0.15, -0.1) is 0 Å². The first-order valence-corrected chi connectivity index (χ1v) is 6.27. The Kier molecular flexibility index (Phi) is 2.52. The van der Waals surface area contributed by atoms with Crippen LogP contribution in [0.1, 0.15) is 47.0 Å². The fraction of sp³-hybridized carbons (Fsp3) is 0.857. The van der Waals surface area contributed by atoms with E-state index in [1.165, 1.54) is 6.42 Å². The summed E-state index contributed by atoms with van der Waals surface area (Å²) in [6.07, 6.45) is 4.21. The first-order valence-electron chi connectivity index (χ1n) is 6.27. The van der Waals surface area contributed by atoms with Crippen molar-refractivity contribution in [2.45, 2.75) is 47.0 Å². The van der Waals surface area contributed by atoms with Crippen molar-refractivity contribution < 1.29 is 9.59 Å². The van der Waals surface area contributed by atoms with Crippen LogP contribution in [0, 0.1) is 28.6 Å². The van der Waals surface area contributed by atoms with Crippen LogP contribution in [0.25, 0.3) is 0 Å². The lowest BCUT2D eigenvalue weighted by atomic mass is 9.69. The summed E-state index contributed by atoms with van der Waals surface area (Å²) in [4.78, 5) is 23.1. The molecular formula is C14H22O2. The van der Waals surface area contributed by atoms with Gasteiger partial charge in [-0.3, -0.25) is 4.79 Å². The summed E-state index contributed by atoms with van der Waals surface area (Å²) in [5.74, 6) is 1.17. The molecule has 90 valence electrons. The molecule has 2 nitrogen and oxygen atoms in total. The largest absolute Gasteiger partial charge is 0.303 e. The van der Waals surface area contributed by atoms with Crippen molar-refractivity contribution in [1.29, 1.82) is 0 Å². The van der Waals surface area contributed by atoms with E-state index in [9.17, 15) is 9.59 Å². The van der Waals surface area contributed by atoms with E-state index in [-0.39, 0.29) is 17.1 Å². The summed E-state index contributed by atoms with van der Waals surface area (Å²) in [6, 6.07) is 0. The van der Waals surface area contributed by atoms with Crippen LogP contribution in [0.2, 0.25) is 0 Å². The number of Topliss-reactive ketones (excluding diaryl/α,β-unsaturated/α-hetero) is 1. The van der Waals surface area contributed by atoms with Crippen molar-refractivity contribution in [2.24, 2.45) is 28.6 Å². The number of ketones is 1. The van der Waals surface area contributed by atoms with Crippen molar-refractivity contribution in [3.63, 3.8) is 0 Å². The van der Waals surface area contributed by atoms with E-state index in [1.54, 1.807) is 6.92 Å². The van der Waals surface area contributed by atoms with Crippen LogP contribution < -0.4 is 0 Å². The average Bonchev–Trinajstić information content (AvgIpc) is 2.59. The van der Waals surface area contributed by atoms with Crippen LogP contribution in [-0.4, -0.2) is 12.1 Å². The molecule has 0 aromatic heterocycles. The van der Waals surface area contributed by atoms with Crippen LogP contribution in [0.4, 0.5) is 0 Å². The van der Waals surface area contributed by atoms with E-state index in [0.29, 0.717) is 17.3 Å². The summed E-state index contributed by atoms with van der Waals surface area (Å²) in [6.45, 7) is 8.23. The van der Waals surface area contributed by atoms with Crippen LogP contribution in [0.5, 0.6) is 0 Å². The van der Waals surface area contributed by atoms with Gasteiger partial charge in [-0.25, -0.2) is 0 Å². The highest BCUT2D eigenvalue weighted by atomic mass is 16.1. The highest BCUT2D eigenvalue weighted by Gasteiger charge is 2.59. The van der Waals surface area contributed by atoms with Gasteiger partial charge in [0.25, 0.3) is 0 Å². The van der Waals surface area contributed by atoms with Gasteiger partial charge in [0.2, 0.25) is 0 Å². The highest BCUT2D eigenvalue weighted by molar-refractivity contribution is 5.86. The molecule has 2 fully saturated rings. The Morgan fingerprint density at radius 3 is 2.38 bits per heavy atom. The SMILES string of the molecule is CC(=O)[C@]1(C)C(C=O)C[C@H]2CC(C)(C)C[C@H]21. The Morgan fingerprint density at radius 1 is 1.25 bits per heavy atom. The number of rotatable bonds is 2. The molecular weight excluding hydrogens is 200 g/mol. The molecule has 1 unspecified atom stereocenters. The van der Waals surface area contributed by atoms with Gasteiger partial charge < -0.3 is 4.79 Å². The van der Waals surface area contributed by atoms with Crippen LogP contribution >= 0.6 is 0 Å². The molecule has 0 aromatic rings. The molecule has 2 heteroatoms. The van der Waals surface area contributed by atoms with Crippen molar-refractivity contribution >= 4 is 12.1 Å². The zero-order valence-electron chi connectivity index (χ0n) is 10.7. The molecule has 0 amide bonds. The van der Waals surface area contributed by atoms with Gasteiger partial charge in [0.1, 0.15) is 12.1 Å². The lowest BCUT2D eigenvalue weighted by molar-refractivity contribution is -0.133. The number of carbonyl (C=O) groups is 2. The van der Waals surface area contributed by atoms with Crippen molar-refractivity contribution in [3.05, 3.63) is 0 Å². The lowest BCUT2D eigenvalue weighted by Gasteiger charge is -2.33. The monoisotopic (exact) mass is 222 g/mol. The summed E-state index contributed by atoms with van der Waals surface area (Å²) in [5, 5.41) is 0. The van der Waals surface area contributed by atoms with Gasteiger partial charge in [-0.05, 0) is 43.4 Å². The lowest BCUT2D eigenvalue weighted by Crippen LogP contribution is -2.37. The Hall–Kier alpha value is -0.660. The van der Waals surface area contributed by atoms with E-state index in [2.05, 4.69) is 13.8 Å². The Bertz CT molecular complexity index is 332. The molecule has 0 saturated heterocycles. The van der Waals surface area contributed by atoms with Crippen LogP contribution in [0.15, 0.2) is 0 Å². The van der Waals surface area contributed by atoms with E-state index >= 15 is 0 Å². The number of hydrogen-bond acceptors (Lipinski definition) is 2. The summed E-state index contributed by atoms with van der Waals surface area (Å²) in [5.41, 5.74) is -0.0416. The highest BCUT2D eigenvalue weighted by Crippen LogP contribution is 2.62. The Morgan fingerprint density at radius 2 is 1.88 bits per heavy atom. The second-order valence-corrected chi connectivity index (χ2v) is 6.76. The van der Waals surface area contributed by atoms with Gasteiger partial charge >= 0.3 is 0 Å². The normalized spacial score (nSPS) is 45.4. The molecule has 0 spiro atoms. The zero-order chi connectivity index (χ0) is 12.1. The molecule has 2 aliphatic carbocycles. The number of fused-ring (bicyclic) bond motifs is 1. The minimum absolute atomic E-state index is 0.0453. The molecule has 0 aromatic carbocycles. The van der Waals surface area contributed by atoms with E-state index < -0.39 is 0 Å². The predicted molar refractivity (Wildman–Crippen MR) is 63.0 cm³/mol. The zero-order valence-corrected chi connectivity index (χ0v) is 10.7. The average molecular weight is 222 g/mol. The van der Waals surface area contributed by atoms with Crippen molar-refractivity contribution in [3.8, 4) is 0 Å². The number of carbonyl (C=O) groups excluding carboxylic acids is 2. The van der Waals surface area contributed by atoms with E-state index in [0.717, 1.165) is 19.1 Å². The third kappa shape index (κ3) is 1.46. The van der Waals surface area contributed by atoms with Gasteiger partial charge in [0.15, 0.2) is 0 Å². The van der Waals surface area contributed by atoms with Crippen molar-refractivity contribution in [1.82, 2.24) is 0 Å². The minimum Gasteiger partial charge on any atom is -0.303 e. The molecule has 0 heterocycles. The maximum Gasteiger partial charge on any atom is 0.136 e. The molecule has 2 saturated carbocycles. The summed E-state index contributed by atoms with van der Waals surface area (Å²) >= 11 is 0. The van der Waals surface area contributed by atoms with Crippen LogP contribution in [0.3, 0.4) is 0 Å². The fourth-order valence-corrected chi connectivity index (χ4v) is 4.21. The first-order chi connectivity index (χ1) is 7.31. The number of aldehydes is 1. The van der Waals surface area contributed by atoms with E-state index in [1.807, 2.05) is 6.92 Å². The molecule has 2 aliphatic rings. The third-order valence-electron chi connectivity index (χ3n) is 5.18. The molecule has 4 atom stereocenters. The second-order valence-electron chi connectivity index (χ2n) is 6.76. The quantitative estimate of drug-likeness (QED) is 0.673. The molecule has 0 bridgehead atoms. The summed E-state index contributed by atoms with van der Waals surface area (Å²) in [7, 11) is 0. The Labute approximate surface area is 97.8 Å². The topological polar surface area (TPSA) is 34.1 Å². The van der Waals surface area contributed by atoms with Gasteiger partial charge in [0, 0.05) is 11.3 Å². The second kappa shape index (κ2) is 3.41. The smallest absolute Gasteiger partial charge is 0.136 e. The predicted octanol–water partition coefficient (Wildman–Crippen LogP) is 2.85. The maximum atomic E-state index is 11.9. The maximum absolute atomic E-state index is 11.9.